The van der Waals surface area contributed by atoms with Gasteiger partial charge in [0, 0.05) is 43.4 Å². The molecule has 5 aromatic rings. The van der Waals surface area contributed by atoms with E-state index in [1.807, 2.05) is 59.0 Å². The standard InChI is InChI=1S/C33H33BN6O/c1-25-10-8-11-26(2)33(25)39-19-7-6-18-38-30-16-15-29(23-31(30)40(34(38)39)32-14-4-5-17-35-32)41-28-13-9-12-27(22-28)37-21-20-36(3)24-37/h4-5,8-17,20-23H,6-7,18-19H2,1-3H3. The number of imidazole rings is 1. The summed E-state index contributed by atoms with van der Waals surface area (Å²) in [5, 5.41) is 0. The van der Waals surface area contributed by atoms with Crippen molar-refractivity contribution in [2.45, 2.75) is 26.7 Å². The van der Waals surface area contributed by atoms with Gasteiger partial charge in [0.2, 0.25) is 6.33 Å². The van der Waals surface area contributed by atoms with Gasteiger partial charge in [-0.2, -0.15) is 0 Å². The molecule has 3 aromatic carbocycles. The maximum Gasteiger partial charge on any atom is 0.510 e. The second-order valence-electron chi connectivity index (χ2n) is 10.9. The van der Waals surface area contributed by atoms with E-state index in [-0.39, 0.29) is 7.12 Å². The topological polar surface area (TPSA) is 40.6 Å². The number of ether oxygens (including phenoxy) is 1. The summed E-state index contributed by atoms with van der Waals surface area (Å²) in [6, 6.07) is 27.3. The summed E-state index contributed by atoms with van der Waals surface area (Å²) in [5.41, 5.74) is 7.20. The van der Waals surface area contributed by atoms with Crippen LogP contribution in [0, 0.1) is 20.2 Å². The quantitative estimate of drug-likeness (QED) is 0.152. The van der Waals surface area contributed by atoms with E-state index >= 15 is 0 Å². The van der Waals surface area contributed by atoms with Crippen LogP contribution in [0.2, 0.25) is 0 Å². The number of anilines is 4. The maximum atomic E-state index is 6.47. The Bertz CT molecular complexity index is 1680. The van der Waals surface area contributed by atoms with Gasteiger partial charge in [0.05, 0.1) is 24.1 Å². The van der Waals surface area contributed by atoms with Crippen LogP contribution in [0.15, 0.2) is 97.5 Å². The van der Waals surface area contributed by atoms with Gasteiger partial charge in [0.15, 0.2) is 0 Å². The molecule has 1 saturated heterocycles. The van der Waals surface area contributed by atoms with Crippen LogP contribution in [0.4, 0.5) is 22.9 Å². The molecule has 0 atom stereocenters. The normalized spacial score (nSPS) is 14.6. The minimum Gasteiger partial charge on any atom is -0.458 e. The summed E-state index contributed by atoms with van der Waals surface area (Å²) in [4.78, 5) is 12.3. The van der Waals surface area contributed by atoms with E-state index in [0.29, 0.717) is 0 Å². The number of benzene rings is 3. The highest BCUT2D eigenvalue weighted by Crippen LogP contribution is 2.47. The van der Waals surface area contributed by atoms with Gasteiger partial charge in [0.25, 0.3) is 0 Å². The molecule has 8 heteroatoms. The lowest BCUT2D eigenvalue weighted by Crippen LogP contribution is -2.59. The average Bonchev–Trinajstić information content (AvgIpc) is 3.48. The van der Waals surface area contributed by atoms with E-state index in [1.165, 1.54) is 22.5 Å². The lowest BCUT2D eigenvalue weighted by molar-refractivity contribution is -0.674. The van der Waals surface area contributed by atoms with Gasteiger partial charge in [-0.15, -0.1) is 0 Å². The second kappa shape index (κ2) is 10.4. The highest BCUT2D eigenvalue weighted by molar-refractivity contribution is 6.75. The SMILES string of the molecule is Cc1cccc(C)c1N1CCCCN2B1N(c1ccccn1)c1cc(Oc3cccc(-n4[c-][n+](C)cc4)c3)ccc12. The van der Waals surface area contributed by atoms with Crippen LogP contribution in [0.5, 0.6) is 11.5 Å². The molecule has 0 saturated carbocycles. The molecule has 4 heterocycles. The fourth-order valence-corrected chi connectivity index (χ4v) is 6.22. The van der Waals surface area contributed by atoms with E-state index in [9.17, 15) is 0 Å². The number of hydrogen-bond donors (Lipinski definition) is 0. The third kappa shape index (κ3) is 4.59. The lowest BCUT2D eigenvalue weighted by Gasteiger charge is -2.37. The zero-order chi connectivity index (χ0) is 27.9. The zero-order valence-corrected chi connectivity index (χ0v) is 23.7. The third-order valence-electron chi connectivity index (χ3n) is 8.01. The summed E-state index contributed by atoms with van der Waals surface area (Å²) in [6.07, 6.45) is 11.4. The van der Waals surface area contributed by atoms with E-state index in [0.717, 1.165) is 54.6 Å². The van der Waals surface area contributed by atoms with E-state index < -0.39 is 0 Å². The fourth-order valence-electron chi connectivity index (χ4n) is 6.22. The first-order valence-electron chi connectivity index (χ1n) is 14.3. The number of para-hydroxylation sites is 1. The monoisotopic (exact) mass is 540 g/mol. The summed E-state index contributed by atoms with van der Waals surface area (Å²) in [7, 11) is 1.94. The highest BCUT2D eigenvalue weighted by Gasteiger charge is 2.48. The van der Waals surface area contributed by atoms with E-state index in [1.54, 1.807) is 0 Å². The van der Waals surface area contributed by atoms with Crippen molar-refractivity contribution in [3.05, 3.63) is 115 Å². The first kappa shape index (κ1) is 25.3. The van der Waals surface area contributed by atoms with Crippen molar-refractivity contribution in [1.29, 1.82) is 0 Å². The number of hydrogen-bond acceptors (Lipinski definition) is 5. The molecule has 2 aliphatic rings. The predicted molar refractivity (Wildman–Crippen MR) is 164 cm³/mol. The van der Waals surface area contributed by atoms with Gasteiger partial charge < -0.3 is 28.3 Å². The third-order valence-corrected chi connectivity index (χ3v) is 8.01. The minimum absolute atomic E-state index is 0.0224. The molecule has 2 aliphatic heterocycles. The van der Waals surface area contributed by atoms with Crippen molar-refractivity contribution in [3.63, 3.8) is 0 Å². The van der Waals surface area contributed by atoms with Gasteiger partial charge in [-0.1, -0.05) is 36.4 Å². The van der Waals surface area contributed by atoms with Gasteiger partial charge in [-0.25, -0.2) is 4.98 Å². The molecule has 7 nitrogen and oxygen atoms in total. The summed E-state index contributed by atoms with van der Waals surface area (Å²) < 4.78 is 10.3. The van der Waals surface area contributed by atoms with Crippen molar-refractivity contribution in [1.82, 2.24) is 9.55 Å². The summed E-state index contributed by atoms with van der Waals surface area (Å²) in [6.45, 7) is 6.40. The molecule has 41 heavy (non-hydrogen) atoms. The zero-order valence-electron chi connectivity index (χ0n) is 23.7. The lowest BCUT2D eigenvalue weighted by atomic mass is 9.83. The Hall–Kier alpha value is -4.72. The van der Waals surface area contributed by atoms with Gasteiger partial charge in [0.1, 0.15) is 17.3 Å². The van der Waals surface area contributed by atoms with Crippen molar-refractivity contribution in [2.75, 3.05) is 27.5 Å². The Balaban J connectivity index is 1.30. The van der Waals surface area contributed by atoms with Gasteiger partial charge >= 0.3 is 7.12 Å². The molecule has 204 valence electrons. The first-order chi connectivity index (χ1) is 20.1. The number of aryl methyl sites for hydroxylation is 3. The van der Waals surface area contributed by atoms with Crippen LogP contribution in [-0.2, 0) is 7.05 Å². The molecule has 7 rings (SSSR count). The molecular formula is C33H33BN6O. The van der Waals surface area contributed by atoms with Crippen molar-refractivity contribution < 1.29 is 9.30 Å². The fraction of sp³-hybridized carbons (Fsp3) is 0.212. The van der Waals surface area contributed by atoms with Gasteiger partial charge in [-0.3, -0.25) is 0 Å². The van der Waals surface area contributed by atoms with Crippen LogP contribution < -0.4 is 23.7 Å². The van der Waals surface area contributed by atoms with Crippen LogP contribution in [0.1, 0.15) is 24.0 Å². The van der Waals surface area contributed by atoms with Crippen molar-refractivity contribution in [2.24, 2.45) is 7.05 Å². The molecule has 0 N–H and O–H groups in total. The Morgan fingerprint density at radius 2 is 1.61 bits per heavy atom. The molecule has 0 spiro atoms. The Morgan fingerprint density at radius 1 is 0.829 bits per heavy atom. The number of fused-ring (bicyclic) bond motifs is 3. The Morgan fingerprint density at radius 3 is 2.37 bits per heavy atom. The van der Waals surface area contributed by atoms with Crippen LogP contribution in [0.3, 0.4) is 0 Å². The van der Waals surface area contributed by atoms with Crippen molar-refractivity contribution in [3.8, 4) is 17.2 Å². The number of nitrogens with zero attached hydrogens (tertiary/aromatic N) is 6. The van der Waals surface area contributed by atoms with Crippen LogP contribution in [0.25, 0.3) is 5.69 Å². The summed E-state index contributed by atoms with van der Waals surface area (Å²) in [5.74, 6) is 2.50. The number of rotatable bonds is 5. The first-order valence-corrected chi connectivity index (χ1v) is 14.3. The molecule has 0 aliphatic carbocycles. The molecular weight excluding hydrogens is 507 g/mol. The van der Waals surface area contributed by atoms with Crippen LogP contribution >= 0.6 is 0 Å². The Labute approximate surface area is 242 Å². The second-order valence-corrected chi connectivity index (χ2v) is 10.9. The number of pyridine rings is 1. The molecule has 0 amide bonds. The molecule has 0 radical (unpaired) electrons. The van der Waals surface area contributed by atoms with Crippen molar-refractivity contribution >= 4 is 30.0 Å². The largest absolute Gasteiger partial charge is 0.510 e. The molecule has 0 unspecified atom stereocenters. The average molecular weight is 540 g/mol. The molecule has 1 fully saturated rings. The number of aromatic nitrogens is 3. The minimum atomic E-state index is -0.0224. The Kier molecular flexibility index (Phi) is 6.38. The maximum absolute atomic E-state index is 6.47. The molecule has 0 bridgehead atoms. The van der Waals surface area contributed by atoms with E-state index in [2.05, 4.69) is 89.2 Å². The predicted octanol–water partition coefficient (Wildman–Crippen LogP) is 6.15. The molecule has 2 aromatic heterocycles. The summed E-state index contributed by atoms with van der Waals surface area (Å²) >= 11 is 0. The van der Waals surface area contributed by atoms with Crippen LogP contribution in [-0.4, -0.2) is 29.8 Å². The van der Waals surface area contributed by atoms with E-state index in [4.69, 9.17) is 9.72 Å². The smallest absolute Gasteiger partial charge is 0.458 e. The highest BCUT2D eigenvalue weighted by atomic mass is 16.5. The van der Waals surface area contributed by atoms with Gasteiger partial charge in [-0.05, 0) is 74.2 Å².